The van der Waals surface area contributed by atoms with Crippen molar-refractivity contribution in [1.29, 1.82) is 0 Å². The summed E-state index contributed by atoms with van der Waals surface area (Å²) in [5.41, 5.74) is 12.8. The highest BCUT2D eigenvalue weighted by Gasteiger charge is 2.16. The number of hydrazine groups is 3. The first-order chi connectivity index (χ1) is 9.41. The summed E-state index contributed by atoms with van der Waals surface area (Å²) in [5.74, 6) is 0. The van der Waals surface area contributed by atoms with Crippen LogP contribution in [0.1, 0.15) is 60.3 Å². The van der Waals surface area contributed by atoms with E-state index in [0.29, 0.717) is 12.7 Å². The molecule has 0 heterocycles. The van der Waals surface area contributed by atoms with Crippen molar-refractivity contribution in [2.75, 3.05) is 20.3 Å². The Hall–Kier alpha value is -0.240. The zero-order valence-electron chi connectivity index (χ0n) is 14.3. The van der Waals surface area contributed by atoms with Crippen LogP contribution in [0.3, 0.4) is 0 Å². The molecule has 0 aromatic rings. The Balaban J connectivity index is 3.65. The molecule has 0 aromatic heterocycles. The third-order valence-electron chi connectivity index (χ3n) is 3.09. The van der Waals surface area contributed by atoms with Gasteiger partial charge in [-0.05, 0) is 33.6 Å². The second-order valence-electron chi connectivity index (χ2n) is 6.00. The number of hydrogen-bond acceptors (Lipinski definition) is 6. The average Bonchev–Trinajstić information content (AvgIpc) is 2.39. The fourth-order valence-electron chi connectivity index (χ4n) is 1.74. The predicted molar refractivity (Wildman–Crippen MR) is 86.5 cm³/mol. The summed E-state index contributed by atoms with van der Waals surface area (Å²) < 4.78 is 0. The summed E-state index contributed by atoms with van der Waals surface area (Å²) in [6, 6.07) is 0.479. The normalized spacial score (nSPS) is 13.9. The lowest BCUT2D eigenvalue weighted by atomic mass is 10.2. The van der Waals surface area contributed by atoms with Gasteiger partial charge in [-0.15, -0.1) is 0 Å². The molecule has 0 radical (unpaired) electrons. The molecule has 6 heteroatoms. The molecule has 0 aliphatic rings. The standard InChI is InChI=1S/C14H36N6/c1-7-9-11-20(6)19-16-12-15-14(4,5)18-17-13(3)10-8-2/h13,15-19H,7-12H2,1-6H3. The summed E-state index contributed by atoms with van der Waals surface area (Å²) in [6.45, 7) is 12.5. The summed E-state index contributed by atoms with van der Waals surface area (Å²) >= 11 is 0. The van der Waals surface area contributed by atoms with Crippen molar-refractivity contribution in [3.63, 3.8) is 0 Å². The maximum absolute atomic E-state index is 3.39. The molecule has 0 aromatic carbocycles. The Morgan fingerprint density at radius 2 is 1.85 bits per heavy atom. The molecule has 0 aliphatic carbocycles. The summed E-state index contributed by atoms with van der Waals surface area (Å²) in [4.78, 5) is 0. The van der Waals surface area contributed by atoms with E-state index in [1.54, 1.807) is 0 Å². The minimum absolute atomic E-state index is 0.168. The summed E-state index contributed by atoms with van der Waals surface area (Å²) in [5, 5.41) is 5.46. The van der Waals surface area contributed by atoms with E-state index in [0.717, 1.165) is 6.54 Å². The van der Waals surface area contributed by atoms with Gasteiger partial charge in [0.15, 0.2) is 0 Å². The Morgan fingerprint density at radius 1 is 1.15 bits per heavy atom. The van der Waals surface area contributed by atoms with Gasteiger partial charge in [0.2, 0.25) is 0 Å². The first-order valence-electron chi connectivity index (χ1n) is 7.88. The highest BCUT2D eigenvalue weighted by atomic mass is 15.7. The Labute approximate surface area is 125 Å². The monoisotopic (exact) mass is 288 g/mol. The van der Waals surface area contributed by atoms with E-state index >= 15 is 0 Å². The highest BCUT2D eigenvalue weighted by Crippen LogP contribution is 1.97. The van der Waals surface area contributed by atoms with Crippen molar-refractivity contribution in [2.45, 2.75) is 72.0 Å². The lowest BCUT2D eigenvalue weighted by molar-refractivity contribution is 0.168. The van der Waals surface area contributed by atoms with Crippen LogP contribution in [0.15, 0.2) is 0 Å². The Morgan fingerprint density at radius 3 is 2.45 bits per heavy atom. The van der Waals surface area contributed by atoms with Gasteiger partial charge in [-0.1, -0.05) is 26.7 Å². The second kappa shape index (κ2) is 11.4. The van der Waals surface area contributed by atoms with Gasteiger partial charge in [-0.3, -0.25) is 10.7 Å². The van der Waals surface area contributed by atoms with Gasteiger partial charge in [0.1, 0.15) is 0 Å². The number of nitrogens with zero attached hydrogens (tertiary/aromatic N) is 1. The van der Waals surface area contributed by atoms with E-state index in [4.69, 9.17) is 0 Å². The van der Waals surface area contributed by atoms with Gasteiger partial charge in [0, 0.05) is 19.6 Å². The molecular formula is C14H36N6. The number of rotatable bonds is 13. The van der Waals surface area contributed by atoms with Crippen LogP contribution in [-0.2, 0) is 0 Å². The molecule has 6 nitrogen and oxygen atoms in total. The molecule has 0 fully saturated rings. The third-order valence-corrected chi connectivity index (χ3v) is 3.09. The molecule has 0 rings (SSSR count). The van der Waals surface area contributed by atoms with Crippen LogP contribution < -0.4 is 27.1 Å². The van der Waals surface area contributed by atoms with Crippen molar-refractivity contribution < 1.29 is 0 Å². The zero-order chi connectivity index (χ0) is 15.4. The lowest BCUT2D eigenvalue weighted by Crippen LogP contribution is -2.62. The van der Waals surface area contributed by atoms with E-state index in [1.807, 2.05) is 7.05 Å². The van der Waals surface area contributed by atoms with E-state index in [9.17, 15) is 0 Å². The van der Waals surface area contributed by atoms with Crippen molar-refractivity contribution in [3.8, 4) is 0 Å². The summed E-state index contributed by atoms with van der Waals surface area (Å²) in [6.07, 6.45) is 4.78. The highest BCUT2D eigenvalue weighted by molar-refractivity contribution is 4.72. The van der Waals surface area contributed by atoms with Gasteiger partial charge in [-0.25, -0.2) is 15.9 Å². The molecular weight excluding hydrogens is 252 g/mol. The van der Waals surface area contributed by atoms with E-state index in [2.05, 4.69) is 66.8 Å². The van der Waals surface area contributed by atoms with Crippen LogP contribution in [0.4, 0.5) is 0 Å². The van der Waals surface area contributed by atoms with Gasteiger partial charge < -0.3 is 0 Å². The van der Waals surface area contributed by atoms with E-state index in [-0.39, 0.29) is 5.66 Å². The van der Waals surface area contributed by atoms with Crippen molar-refractivity contribution in [1.82, 2.24) is 32.1 Å². The van der Waals surface area contributed by atoms with E-state index < -0.39 is 0 Å². The average molecular weight is 288 g/mol. The molecule has 0 saturated heterocycles. The summed E-state index contributed by atoms with van der Waals surface area (Å²) in [7, 11) is 2.04. The lowest BCUT2D eigenvalue weighted by Gasteiger charge is -2.30. The smallest absolute Gasteiger partial charge is 0.0770 e. The van der Waals surface area contributed by atoms with Crippen LogP contribution in [0, 0.1) is 0 Å². The Kier molecular flexibility index (Phi) is 11.3. The molecule has 5 N–H and O–H groups in total. The molecule has 0 aliphatic heterocycles. The number of nitrogens with one attached hydrogen (secondary N) is 5. The molecule has 0 amide bonds. The predicted octanol–water partition coefficient (Wildman–Crippen LogP) is 1.29. The maximum Gasteiger partial charge on any atom is 0.0770 e. The minimum atomic E-state index is -0.168. The minimum Gasteiger partial charge on any atom is -0.285 e. The van der Waals surface area contributed by atoms with Crippen molar-refractivity contribution in [2.24, 2.45) is 0 Å². The maximum atomic E-state index is 3.39. The SMILES string of the molecule is CCCCN(C)NNCNC(C)(C)NNC(C)CCC. The van der Waals surface area contributed by atoms with Crippen LogP contribution in [0.25, 0.3) is 0 Å². The Bertz CT molecular complexity index is 222. The van der Waals surface area contributed by atoms with Gasteiger partial charge >= 0.3 is 0 Å². The number of hydrogen-bond donors (Lipinski definition) is 5. The van der Waals surface area contributed by atoms with Crippen LogP contribution in [0.2, 0.25) is 0 Å². The first kappa shape index (κ1) is 19.8. The number of unbranched alkanes of at least 4 members (excludes halogenated alkanes) is 1. The fraction of sp³-hybridized carbons (Fsp3) is 1.00. The topological polar surface area (TPSA) is 63.4 Å². The second-order valence-corrected chi connectivity index (χ2v) is 6.00. The van der Waals surface area contributed by atoms with Crippen LogP contribution in [-0.4, -0.2) is 37.0 Å². The van der Waals surface area contributed by atoms with Gasteiger partial charge in [-0.2, -0.15) is 5.53 Å². The molecule has 1 unspecified atom stereocenters. The van der Waals surface area contributed by atoms with Gasteiger partial charge in [0.05, 0.1) is 12.3 Å². The molecule has 20 heavy (non-hydrogen) atoms. The quantitative estimate of drug-likeness (QED) is 0.200. The molecule has 0 saturated carbocycles. The third kappa shape index (κ3) is 11.6. The largest absolute Gasteiger partial charge is 0.285 e. The van der Waals surface area contributed by atoms with Crippen LogP contribution in [0.5, 0.6) is 0 Å². The molecule has 0 spiro atoms. The fourth-order valence-corrected chi connectivity index (χ4v) is 1.74. The van der Waals surface area contributed by atoms with E-state index in [1.165, 1.54) is 25.7 Å². The molecule has 0 bridgehead atoms. The van der Waals surface area contributed by atoms with Gasteiger partial charge in [0.25, 0.3) is 0 Å². The van der Waals surface area contributed by atoms with Crippen LogP contribution >= 0.6 is 0 Å². The molecule has 122 valence electrons. The van der Waals surface area contributed by atoms with Crippen molar-refractivity contribution >= 4 is 0 Å². The first-order valence-corrected chi connectivity index (χ1v) is 7.88. The zero-order valence-corrected chi connectivity index (χ0v) is 14.3. The van der Waals surface area contributed by atoms with Crippen molar-refractivity contribution in [3.05, 3.63) is 0 Å². The molecule has 1 atom stereocenters.